The van der Waals surface area contributed by atoms with E-state index in [1.54, 1.807) is 0 Å². The van der Waals surface area contributed by atoms with Crippen LogP contribution in [-0.4, -0.2) is 3.21 Å². The standard InChI is InChI=1S/C29H41.C15H14.C10H15.Zr/c1-26(2,3)22-14-18-13-19-15-23(27(4,5)6)25(29(10,11)12)17-21(19)20(18)16-24(22)28(7,8)9;1-12-3-7-14(8-4-12)11-15-9-5-13(2)6-10-15;1-4-10(2,3)9-7-5-6-8-9;/h14,16-17H,13H2,1-12H3;3-10H,1-2H3;5,7H,4,6H2,1-3H3;/q-1;;-1;+2. The average molecular weight is 810 g/mol. The predicted octanol–water partition coefficient (Wildman–Crippen LogP) is 14.8. The summed E-state index contributed by atoms with van der Waals surface area (Å²) < 4.78 is 1.42. The van der Waals surface area contributed by atoms with E-state index in [2.05, 4.69) is 209 Å². The Morgan fingerprint density at radius 2 is 1.05 bits per heavy atom. The van der Waals surface area contributed by atoms with Crippen LogP contribution in [-0.2, 0) is 52.3 Å². The summed E-state index contributed by atoms with van der Waals surface area (Å²) in [7, 11) is 0. The molecule has 0 spiro atoms. The molecule has 0 nitrogen and oxygen atoms in total. The molecule has 4 aromatic carbocycles. The fourth-order valence-electron chi connectivity index (χ4n) is 7.29. The van der Waals surface area contributed by atoms with E-state index in [4.69, 9.17) is 0 Å². The van der Waals surface area contributed by atoms with Crippen molar-refractivity contribution in [1.82, 2.24) is 0 Å². The first-order chi connectivity index (χ1) is 25.2. The molecule has 1 heteroatoms. The molecule has 0 aliphatic heterocycles. The third-order valence-electron chi connectivity index (χ3n) is 11.2. The van der Waals surface area contributed by atoms with E-state index in [0.29, 0.717) is 5.41 Å². The summed E-state index contributed by atoms with van der Waals surface area (Å²) >= 11 is 1.46. The number of hydrogen-bond donors (Lipinski definition) is 0. The van der Waals surface area contributed by atoms with E-state index < -0.39 is 0 Å². The first-order valence-corrected chi connectivity index (χ1v) is 21.8. The Hall–Kier alpha value is -2.89. The van der Waals surface area contributed by atoms with Gasteiger partial charge in [0, 0.05) is 0 Å². The van der Waals surface area contributed by atoms with E-state index in [-0.39, 0.29) is 21.7 Å². The van der Waals surface area contributed by atoms with Crippen LogP contribution in [0.2, 0.25) is 0 Å². The summed E-state index contributed by atoms with van der Waals surface area (Å²) in [6, 6.07) is 28.9. The average Bonchev–Trinajstić information content (AvgIpc) is 3.76. The van der Waals surface area contributed by atoms with Gasteiger partial charge in [-0.15, -0.1) is 23.1 Å². The molecule has 0 N–H and O–H groups in total. The van der Waals surface area contributed by atoms with Crippen molar-refractivity contribution in [2.75, 3.05) is 0 Å². The molecule has 0 amide bonds. The third-order valence-corrected chi connectivity index (χ3v) is 12.6. The molecule has 0 saturated carbocycles. The number of rotatable bonds is 4. The van der Waals surface area contributed by atoms with Crippen LogP contribution in [0.4, 0.5) is 0 Å². The van der Waals surface area contributed by atoms with Crippen molar-refractivity contribution >= 4 is 3.21 Å². The fraction of sp³-hybridized carbons (Fsp3) is 0.463. The molecule has 290 valence electrons. The van der Waals surface area contributed by atoms with Gasteiger partial charge in [0.25, 0.3) is 0 Å². The SMILES string of the molecule is CC(C)(C)c1[c-]c2c(cc1C(C)(C)C)-c1cc(C(C)(C)C)c(C(C)(C)C)cc1C2.CCC(C)(C)C1=[C-]CC=C1.Cc1ccc([C](=[Zr+2])c2ccc(C)cc2)cc1. The molecule has 6 rings (SSSR count). The van der Waals surface area contributed by atoms with E-state index in [0.717, 1.165) is 12.8 Å². The van der Waals surface area contributed by atoms with Gasteiger partial charge in [0.1, 0.15) is 0 Å². The van der Waals surface area contributed by atoms with Gasteiger partial charge in [0.2, 0.25) is 0 Å². The summed E-state index contributed by atoms with van der Waals surface area (Å²) in [5, 5.41) is 0. The van der Waals surface area contributed by atoms with Gasteiger partial charge in [-0.05, 0) is 51.2 Å². The Bertz CT molecular complexity index is 1900. The van der Waals surface area contributed by atoms with Crippen LogP contribution < -0.4 is 0 Å². The van der Waals surface area contributed by atoms with Crippen molar-refractivity contribution in [3.8, 4) is 11.1 Å². The summed E-state index contributed by atoms with van der Waals surface area (Å²) in [5.41, 5.74) is 19.0. The van der Waals surface area contributed by atoms with Gasteiger partial charge < -0.3 is 0 Å². The van der Waals surface area contributed by atoms with Gasteiger partial charge >= 0.3 is 112 Å². The molecule has 2 aliphatic carbocycles. The van der Waals surface area contributed by atoms with E-state index in [9.17, 15) is 0 Å². The number of fused-ring (bicyclic) bond motifs is 3. The minimum atomic E-state index is 0.0968. The van der Waals surface area contributed by atoms with Crippen LogP contribution in [0.3, 0.4) is 0 Å². The molecular formula is C54H70Zr. The molecule has 0 heterocycles. The fourth-order valence-corrected chi connectivity index (χ4v) is 8.11. The van der Waals surface area contributed by atoms with Crippen LogP contribution in [0.15, 0.2) is 84.5 Å². The number of aryl methyl sites for hydroxylation is 2. The molecule has 2 aliphatic rings. The molecule has 0 radical (unpaired) electrons. The number of benzene rings is 4. The second kappa shape index (κ2) is 16.9. The van der Waals surface area contributed by atoms with Crippen LogP contribution in [0, 0.1) is 31.4 Å². The molecular weight excluding hydrogens is 740 g/mol. The zero-order valence-corrected chi connectivity index (χ0v) is 40.1. The van der Waals surface area contributed by atoms with Crippen LogP contribution in [0.5, 0.6) is 0 Å². The Morgan fingerprint density at radius 3 is 1.45 bits per heavy atom. The monoisotopic (exact) mass is 808 g/mol. The van der Waals surface area contributed by atoms with Gasteiger partial charge in [-0.3, -0.25) is 6.08 Å². The Balaban J connectivity index is 0.000000215. The van der Waals surface area contributed by atoms with Crippen molar-refractivity contribution in [2.24, 2.45) is 5.41 Å². The molecule has 55 heavy (non-hydrogen) atoms. The van der Waals surface area contributed by atoms with E-state index >= 15 is 0 Å². The first-order valence-electron chi connectivity index (χ1n) is 20.5. The summed E-state index contributed by atoms with van der Waals surface area (Å²) in [6.45, 7) is 39.0. The maximum absolute atomic E-state index is 3.90. The topological polar surface area (TPSA) is 0 Å². The van der Waals surface area contributed by atoms with E-state index in [1.165, 1.54) is 106 Å². The molecule has 0 bridgehead atoms. The molecule has 0 saturated heterocycles. The number of hydrogen-bond acceptors (Lipinski definition) is 0. The van der Waals surface area contributed by atoms with Gasteiger partial charge in [-0.2, -0.15) is 23.8 Å². The zero-order valence-electron chi connectivity index (χ0n) is 37.6. The predicted molar refractivity (Wildman–Crippen MR) is 238 cm³/mol. The van der Waals surface area contributed by atoms with Crippen LogP contribution in [0.25, 0.3) is 11.1 Å². The van der Waals surface area contributed by atoms with Crippen LogP contribution in [0.1, 0.15) is 172 Å². The second-order valence-corrected chi connectivity index (χ2v) is 22.0. The molecule has 0 unspecified atom stereocenters. The number of allylic oxidation sites excluding steroid dienone is 4. The molecule has 4 aromatic rings. The van der Waals surface area contributed by atoms with Crippen molar-refractivity contribution in [1.29, 1.82) is 0 Å². The third kappa shape index (κ3) is 11.2. The van der Waals surface area contributed by atoms with Gasteiger partial charge in [0.05, 0.1) is 0 Å². The normalized spacial score (nSPS) is 14.0. The Morgan fingerprint density at radius 1 is 0.600 bits per heavy atom. The Kier molecular flexibility index (Phi) is 13.8. The second-order valence-electron chi connectivity index (χ2n) is 20.7. The van der Waals surface area contributed by atoms with Crippen molar-refractivity contribution in [3.63, 3.8) is 0 Å². The first kappa shape index (κ1) is 44.8. The van der Waals surface area contributed by atoms with Crippen molar-refractivity contribution in [3.05, 3.63) is 152 Å². The van der Waals surface area contributed by atoms with E-state index in [1.807, 2.05) is 0 Å². The van der Waals surface area contributed by atoms with Gasteiger partial charge in [0.15, 0.2) is 0 Å². The summed E-state index contributed by atoms with van der Waals surface area (Å²) in [4.78, 5) is 0. The maximum atomic E-state index is 3.90. The van der Waals surface area contributed by atoms with Crippen molar-refractivity contribution < 1.29 is 24.2 Å². The van der Waals surface area contributed by atoms with Gasteiger partial charge in [-0.25, -0.2) is 11.6 Å². The van der Waals surface area contributed by atoms with Crippen molar-refractivity contribution in [2.45, 2.75) is 159 Å². The molecule has 0 atom stereocenters. The van der Waals surface area contributed by atoms with Gasteiger partial charge in [-0.1, -0.05) is 127 Å². The molecule has 0 aromatic heterocycles. The summed E-state index contributed by atoms with van der Waals surface area (Å²) in [5.74, 6) is 0. The molecule has 0 fully saturated rings. The quantitative estimate of drug-likeness (QED) is 0.159. The zero-order chi connectivity index (χ0) is 41.3. The van der Waals surface area contributed by atoms with Crippen LogP contribution >= 0.6 is 0 Å². The minimum absolute atomic E-state index is 0.0968. The Labute approximate surface area is 352 Å². The summed E-state index contributed by atoms with van der Waals surface area (Å²) in [6.07, 6.45) is 10.9.